The number of ether oxygens (including phenoxy) is 1. The van der Waals surface area contributed by atoms with Gasteiger partial charge in [0.25, 0.3) is 0 Å². The molecule has 1 aliphatic rings. The van der Waals surface area contributed by atoms with Crippen molar-refractivity contribution in [1.82, 2.24) is 0 Å². The zero-order chi connectivity index (χ0) is 29.5. The average Bonchev–Trinajstić information content (AvgIpc) is 2.96. The largest absolute Gasteiger partial charge is 0.495 e. The zero-order valence-corrected chi connectivity index (χ0v) is 21.8. The smallest absolute Gasteiger partial charge is 0.416 e. The van der Waals surface area contributed by atoms with Crippen molar-refractivity contribution < 1.29 is 36.6 Å². The van der Waals surface area contributed by atoms with Crippen molar-refractivity contribution in [1.29, 1.82) is 0 Å². The molecule has 0 aliphatic carbocycles. The summed E-state index contributed by atoms with van der Waals surface area (Å²) in [5.41, 5.74) is 0.843. The normalized spacial score (nSPS) is 15.6. The van der Waals surface area contributed by atoms with Gasteiger partial charge in [-0.2, -0.15) is 13.2 Å². The fraction of sp³-hybridized carbons (Fsp3) is 0.161. The number of amidine groups is 1. The molecule has 1 aliphatic heterocycles. The number of carboxylic acid groups (broad SMARTS) is 1. The minimum atomic E-state index is -4.71. The Hall–Kier alpha value is -4.73. The van der Waals surface area contributed by atoms with Crippen LogP contribution in [0.4, 0.5) is 33.3 Å². The number of alkyl halides is 3. The SMILES string of the molecule is COc1ccc(C(F)(F)F)cc1N1C(c2ccc(-c3ccc(F)cc3)cc2)=Nc2c(F)cccc2C1C(C)C(=O)O. The quantitative estimate of drug-likeness (QED) is 0.240. The van der Waals surface area contributed by atoms with Crippen LogP contribution >= 0.6 is 0 Å². The topological polar surface area (TPSA) is 62.1 Å². The van der Waals surface area contributed by atoms with Gasteiger partial charge in [-0.05, 0) is 54.4 Å². The summed E-state index contributed by atoms with van der Waals surface area (Å²) in [7, 11) is 1.29. The summed E-state index contributed by atoms with van der Waals surface area (Å²) >= 11 is 0. The van der Waals surface area contributed by atoms with Crippen LogP contribution in [-0.2, 0) is 11.0 Å². The Morgan fingerprint density at radius 2 is 1.54 bits per heavy atom. The third-order valence-corrected chi connectivity index (χ3v) is 7.01. The van der Waals surface area contributed by atoms with Crippen molar-refractivity contribution in [3.05, 3.63) is 113 Å². The number of nitrogens with zero attached hydrogens (tertiary/aromatic N) is 2. The Bertz CT molecular complexity index is 1630. The number of para-hydroxylation sites is 1. The summed E-state index contributed by atoms with van der Waals surface area (Å²) < 4.78 is 75.5. The number of halogens is 5. The highest BCUT2D eigenvalue weighted by atomic mass is 19.4. The molecule has 0 radical (unpaired) electrons. The minimum Gasteiger partial charge on any atom is -0.495 e. The van der Waals surface area contributed by atoms with E-state index in [0.29, 0.717) is 11.1 Å². The fourth-order valence-corrected chi connectivity index (χ4v) is 4.92. The Balaban J connectivity index is 1.76. The van der Waals surface area contributed by atoms with Crippen molar-refractivity contribution in [2.75, 3.05) is 12.0 Å². The Morgan fingerprint density at radius 1 is 0.927 bits per heavy atom. The molecule has 5 rings (SSSR count). The molecule has 0 amide bonds. The first-order valence-corrected chi connectivity index (χ1v) is 12.5. The monoisotopic (exact) mass is 566 g/mol. The summed E-state index contributed by atoms with van der Waals surface area (Å²) in [5, 5.41) is 10.0. The lowest BCUT2D eigenvalue weighted by atomic mass is 9.88. The van der Waals surface area contributed by atoms with E-state index >= 15 is 4.39 Å². The maximum absolute atomic E-state index is 15.1. The lowest BCUT2D eigenvalue weighted by Gasteiger charge is -2.41. The summed E-state index contributed by atoms with van der Waals surface area (Å²) in [6.07, 6.45) is -4.71. The van der Waals surface area contributed by atoms with Crippen LogP contribution in [0.2, 0.25) is 0 Å². The highest BCUT2D eigenvalue weighted by molar-refractivity contribution is 6.14. The second-order valence-electron chi connectivity index (χ2n) is 9.52. The molecule has 2 unspecified atom stereocenters. The predicted molar refractivity (Wildman–Crippen MR) is 144 cm³/mol. The van der Waals surface area contributed by atoms with E-state index in [1.165, 1.54) is 49.3 Å². The number of carboxylic acids is 1. The van der Waals surface area contributed by atoms with Crippen LogP contribution in [0.25, 0.3) is 11.1 Å². The van der Waals surface area contributed by atoms with Crippen LogP contribution in [0.1, 0.15) is 29.7 Å². The molecule has 0 saturated carbocycles. The van der Waals surface area contributed by atoms with Crippen molar-refractivity contribution in [3.63, 3.8) is 0 Å². The van der Waals surface area contributed by atoms with Gasteiger partial charge in [0.05, 0.1) is 30.3 Å². The highest BCUT2D eigenvalue weighted by Gasteiger charge is 2.41. The highest BCUT2D eigenvalue weighted by Crippen LogP contribution is 2.47. The van der Waals surface area contributed by atoms with E-state index < -0.39 is 41.3 Å². The molecule has 1 N–H and O–H groups in total. The zero-order valence-electron chi connectivity index (χ0n) is 21.8. The van der Waals surface area contributed by atoms with E-state index in [9.17, 15) is 27.5 Å². The molecule has 5 nitrogen and oxygen atoms in total. The van der Waals surface area contributed by atoms with E-state index in [2.05, 4.69) is 4.99 Å². The predicted octanol–water partition coefficient (Wildman–Crippen LogP) is 8.02. The van der Waals surface area contributed by atoms with Gasteiger partial charge in [0.1, 0.15) is 28.9 Å². The maximum Gasteiger partial charge on any atom is 0.416 e. The molecule has 0 bridgehead atoms. The molecular formula is C31H23F5N2O3. The third kappa shape index (κ3) is 5.25. The molecule has 41 heavy (non-hydrogen) atoms. The maximum atomic E-state index is 15.1. The molecule has 210 valence electrons. The van der Waals surface area contributed by atoms with Gasteiger partial charge in [-0.25, -0.2) is 13.8 Å². The van der Waals surface area contributed by atoms with E-state index in [-0.39, 0.29) is 28.5 Å². The summed E-state index contributed by atoms with van der Waals surface area (Å²) in [6, 6.07) is 18.3. The van der Waals surface area contributed by atoms with Crippen LogP contribution in [-0.4, -0.2) is 24.0 Å². The minimum absolute atomic E-state index is 0.0315. The first-order chi connectivity index (χ1) is 19.5. The molecule has 4 aromatic rings. The van der Waals surface area contributed by atoms with Gasteiger partial charge in [-0.15, -0.1) is 0 Å². The van der Waals surface area contributed by atoms with E-state index in [1.54, 1.807) is 36.4 Å². The van der Waals surface area contributed by atoms with Crippen molar-refractivity contribution in [2.24, 2.45) is 10.9 Å². The number of methoxy groups -OCH3 is 1. The number of hydrogen-bond donors (Lipinski definition) is 1. The van der Waals surface area contributed by atoms with Gasteiger partial charge in [-0.3, -0.25) is 4.79 Å². The number of carbonyl (C=O) groups is 1. The number of benzene rings is 4. The van der Waals surface area contributed by atoms with Crippen molar-refractivity contribution in [2.45, 2.75) is 19.1 Å². The molecule has 1 heterocycles. The molecule has 2 atom stereocenters. The second kappa shape index (κ2) is 10.7. The first kappa shape index (κ1) is 27.8. The molecule has 10 heteroatoms. The first-order valence-electron chi connectivity index (χ1n) is 12.5. The van der Waals surface area contributed by atoms with Crippen LogP contribution in [0.15, 0.2) is 89.9 Å². The lowest BCUT2D eigenvalue weighted by Crippen LogP contribution is -2.43. The van der Waals surface area contributed by atoms with Gasteiger partial charge in [-0.1, -0.05) is 48.5 Å². The molecule has 4 aromatic carbocycles. The standard InChI is InChI=1S/C31H23F5N2O3/c1-17(30(39)40)28-23-4-3-5-24(33)27(23)37-29(20-8-6-18(7-9-20)19-10-13-22(32)14-11-19)38(28)25-16-21(31(34,35)36)12-15-26(25)41-2/h3-17,28H,1-2H3,(H,39,40). The Morgan fingerprint density at radius 3 is 2.12 bits per heavy atom. The summed E-state index contributed by atoms with van der Waals surface area (Å²) in [4.78, 5) is 18.2. The van der Waals surface area contributed by atoms with Gasteiger partial charge < -0.3 is 14.7 Å². The number of anilines is 1. The second-order valence-corrected chi connectivity index (χ2v) is 9.52. The molecule has 0 saturated heterocycles. The fourth-order valence-electron chi connectivity index (χ4n) is 4.92. The average molecular weight is 567 g/mol. The number of fused-ring (bicyclic) bond motifs is 1. The number of rotatable bonds is 6. The van der Waals surface area contributed by atoms with Gasteiger partial charge >= 0.3 is 12.1 Å². The summed E-state index contributed by atoms with van der Waals surface area (Å²) in [6.45, 7) is 1.40. The van der Waals surface area contributed by atoms with E-state index in [1.807, 2.05) is 0 Å². The van der Waals surface area contributed by atoms with Crippen molar-refractivity contribution in [3.8, 4) is 16.9 Å². The van der Waals surface area contributed by atoms with E-state index in [4.69, 9.17) is 4.74 Å². The van der Waals surface area contributed by atoms with Gasteiger partial charge in [0.15, 0.2) is 0 Å². The van der Waals surface area contributed by atoms with Crippen LogP contribution in [0, 0.1) is 17.6 Å². The van der Waals surface area contributed by atoms with Crippen LogP contribution < -0.4 is 9.64 Å². The van der Waals surface area contributed by atoms with E-state index in [0.717, 1.165) is 23.8 Å². The van der Waals surface area contributed by atoms with Crippen LogP contribution in [0.5, 0.6) is 5.75 Å². The number of aliphatic imine (C=N–C) groups is 1. The Labute approximate surface area is 232 Å². The third-order valence-electron chi connectivity index (χ3n) is 7.01. The van der Waals surface area contributed by atoms with Gasteiger partial charge in [0.2, 0.25) is 0 Å². The van der Waals surface area contributed by atoms with Crippen molar-refractivity contribution >= 4 is 23.2 Å². The molecule has 0 spiro atoms. The number of aliphatic carboxylic acids is 1. The Kier molecular flexibility index (Phi) is 7.25. The number of hydrogen-bond acceptors (Lipinski definition) is 4. The summed E-state index contributed by atoms with van der Waals surface area (Å²) in [5.74, 6) is -3.49. The molecular weight excluding hydrogens is 543 g/mol. The van der Waals surface area contributed by atoms with Gasteiger partial charge in [0, 0.05) is 11.1 Å². The van der Waals surface area contributed by atoms with Crippen LogP contribution in [0.3, 0.4) is 0 Å². The lowest BCUT2D eigenvalue weighted by molar-refractivity contribution is -0.142. The molecule has 0 aromatic heterocycles. The molecule has 0 fully saturated rings.